The minimum absolute atomic E-state index is 0.371. The summed E-state index contributed by atoms with van der Waals surface area (Å²) in [6, 6.07) is 7.78. The van der Waals surface area contributed by atoms with Crippen molar-refractivity contribution in [2.75, 3.05) is 18.1 Å². The number of hydrogen-bond donors (Lipinski definition) is 0. The Balaban J connectivity index is 2.22. The van der Waals surface area contributed by atoms with Crippen LogP contribution in [0.3, 0.4) is 0 Å². The Hall–Kier alpha value is -1.97. The monoisotopic (exact) mass is 299 g/mol. The number of carbonyl (C=O) groups excluding carboxylic acids is 1. The number of aromatic nitrogens is 1. The zero-order chi connectivity index (χ0) is 15.7. The van der Waals surface area contributed by atoms with E-state index in [0.29, 0.717) is 11.5 Å². The zero-order valence-electron chi connectivity index (χ0n) is 13.3. The van der Waals surface area contributed by atoms with Crippen molar-refractivity contribution in [3.63, 3.8) is 0 Å². The Morgan fingerprint density at radius 3 is 2.82 bits per heavy atom. The first-order valence-corrected chi connectivity index (χ1v) is 8.22. The van der Waals surface area contributed by atoms with E-state index in [-0.39, 0.29) is 0 Å². The van der Waals surface area contributed by atoms with E-state index < -0.39 is 5.97 Å². The number of carboxylic acids is 1. The summed E-state index contributed by atoms with van der Waals surface area (Å²) in [6.07, 6.45) is 4.06. The zero-order valence-corrected chi connectivity index (χ0v) is 13.3. The number of carboxylic acid groups (broad SMARTS) is 1. The van der Waals surface area contributed by atoms with Gasteiger partial charge in [-0.05, 0) is 31.2 Å². The first-order valence-electron chi connectivity index (χ1n) is 8.22. The highest BCUT2D eigenvalue weighted by Crippen LogP contribution is 2.29. The van der Waals surface area contributed by atoms with Gasteiger partial charge >= 0.3 is 0 Å². The van der Waals surface area contributed by atoms with Gasteiger partial charge in [0.25, 0.3) is 0 Å². The lowest BCUT2D eigenvalue weighted by Gasteiger charge is -2.35. The average molecular weight is 299 g/mol. The van der Waals surface area contributed by atoms with Crippen molar-refractivity contribution in [2.24, 2.45) is 5.92 Å². The predicted octanol–water partition coefficient (Wildman–Crippen LogP) is 2.33. The number of nitrogens with zero attached hydrogens (tertiary/aromatic N) is 2. The van der Waals surface area contributed by atoms with E-state index in [4.69, 9.17) is 0 Å². The van der Waals surface area contributed by atoms with Crippen LogP contribution in [0, 0.1) is 5.92 Å². The number of hydrogen-bond acceptors (Lipinski definition) is 3. The van der Waals surface area contributed by atoms with Crippen LogP contribution < -0.4 is 10.1 Å². The average Bonchev–Trinajstić information content (AvgIpc) is 2.81. The molecule has 0 bridgehead atoms. The van der Waals surface area contributed by atoms with Gasteiger partial charge < -0.3 is 14.9 Å². The van der Waals surface area contributed by atoms with Crippen LogP contribution in [0.5, 0.6) is 0 Å². The highest BCUT2D eigenvalue weighted by molar-refractivity contribution is 6.04. The molecule has 0 spiro atoms. The van der Waals surface area contributed by atoms with Gasteiger partial charge in [0.1, 0.15) is 0 Å². The molecule has 1 aromatic heterocycles. The van der Waals surface area contributed by atoms with Gasteiger partial charge in [0.05, 0.1) is 11.5 Å². The molecule has 4 nitrogen and oxygen atoms in total. The number of para-hydroxylation sites is 1. The van der Waals surface area contributed by atoms with Crippen LogP contribution in [0.25, 0.3) is 10.9 Å². The normalized spacial score (nSPS) is 18.8. The van der Waals surface area contributed by atoms with Crippen molar-refractivity contribution >= 4 is 16.9 Å². The summed E-state index contributed by atoms with van der Waals surface area (Å²) >= 11 is 0. The fraction of sp³-hybridized carbons (Fsp3) is 0.500. The van der Waals surface area contributed by atoms with Crippen LogP contribution in [-0.2, 0) is 6.42 Å². The summed E-state index contributed by atoms with van der Waals surface area (Å²) in [5.74, 6) is -0.431. The van der Waals surface area contributed by atoms with Crippen molar-refractivity contribution < 1.29 is 9.90 Å². The van der Waals surface area contributed by atoms with Crippen molar-refractivity contribution in [3.05, 3.63) is 35.5 Å². The van der Waals surface area contributed by atoms with Crippen molar-refractivity contribution in [3.8, 4) is 0 Å². The molecule has 1 saturated heterocycles. The summed E-state index contributed by atoms with van der Waals surface area (Å²) in [4.78, 5) is 11.7. The maximum absolute atomic E-state index is 11.7. The van der Waals surface area contributed by atoms with E-state index >= 15 is 0 Å². The van der Waals surface area contributed by atoms with Gasteiger partial charge in [-0.2, -0.15) is 0 Å². The summed E-state index contributed by atoms with van der Waals surface area (Å²) in [5.41, 5.74) is 2.24. The number of carbonyl (C=O) groups is 1. The molecule has 1 unspecified atom stereocenters. The highest BCUT2D eigenvalue weighted by atomic mass is 16.4. The van der Waals surface area contributed by atoms with Crippen molar-refractivity contribution in [1.29, 1.82) is 0 Å². The molecule has 118 valence electrons. The van der Waals surface area contributed by atoms with Crippen LogP contribution in [0.2, 0.25) is 0 Å². The summed E-state index contributed by atoms with van der Waals surface area (Å²) in [5, 5.41) is 14.8. The molecule has 2 aromatic rings. The Labute approximate surface area is 131 Å². The van der Waals surface area contributed by atoms with E-state index in [1.54, 1.807) is 0 Å². The van der Waals surface area contributed by atoms with E-state index in [0.717, 1.165) is 48.9 Å². The van der Waals surface area contributed by atoms with Crippen LogP contribution in [-0.4, -0.2) is 23.7 Å². The fourth-order valence-corrected chi connectivity index (χ4v) is 3.64. The summed E-state index contributed by atoms with van der Waals surface area (Å²) < 4.78 is 2.15. The third-order valence-electron chi connectivity index (χ3n) is 4.56. The standard InChI is InChI=1S/C18H24N2O2/c1-3-7-16-17(18(21)22)14-9-4-5-10-15(14)20(16)19-11-6-8-13(2)12-19/h4-5,9-10,13H,3,6-8,11-12H2,1-2H3,(H,21,22)/p-1. The van der Waals surface area contributed by atoms with Crippen molar-refractivity contribution in [1.82, 2.24) is 4.68 Å². The number of piperidine rings is 1. The van der Waals surface area contributed by atoms with Gasteiger partial charge in [-0.3, -0.25) is 4.68 Å². The lowest BCUT2D eigenvalue weighted by molar-refractivity contribution is -0.254. The lowest BCUT2D eigenvalue weighted by Crippen LogP contribution is -2.43. The van der Waals surface area contributed by atoms with Crippen molar-refractivity contribution in [2.45, 2.75) is 39.5 Å². The van der Waals surface area contributed by atoms with Crippen LogP contribution in [0.1, 0.15) is 49.2 Å². The molecular formula is C18H23N2O2-. The summed E-state index contributed by atoms with van der Waals surface area (Å²) in [7, 11) is 0. The van der Waals surface area contributed by atoms with Crippen LogP contribution in [0.4, 0.5) is 0 Å². The third kappa shape index (κ3) is 2.47. The largest absolute Gasteiger partial charge is 0.545 e. The molecule has 0 amide bonds. The predicted molar refractivity (Wildman–Crippen MR) is 86.6 cm³/mol. The second-order valence-electron chi connectivity index (χ2n) is 6.35. The molecule has 1 aliphatic heterocycles. The fourth-order valence-electron chi connectivity index (χ4n) is 3.64. The Morgan fingerprint density at radius 2 is 2.14 bits per heavy atom. The molecule has 22 heavy (non-hydrogen) atoms. The smallest absolute Gasteiger partial charge is 0.0740 e. The van der Waals surface area contributed by atoms with E-state index in [9.17, 15) is 9.90 Å². The third-order valence-corrected chi connectivity index (χ3v) is 4.56. The van der Waals surface area contributed by atoms with E-state index in [1.807, 2.05) is 24.3 Å². The molecule has 1 aliphatic rings. The van der Waals surface area contributed by atoms with Gasteiger partial charge in [-0.25, -0.2) is 0 Å². The molecule has 0 N–H and O–H groups in total. The lowest BCUT2D eigenvalue weighted by atomic mass is 10.0. The van der Waals surface area contributed by atoms with Gasteiger partial charge in [0.2, 0.25) is 0 Å². The first-order chi connectivity index (χ1) is 10.6. The molecule has 2 heterocycles. The molecule has 1 aromatic carbocycles. The number of aromatic carboxylic acids is 1. The molecular weight excluding hydrogens is 276 g/mol. The second-order valence-corrected chi connectivity index (χ2v) is 6.35. The highest BCUT2D eigenvalue weighted by Gasteiger charge is 2.24. The SMILES string of the molecule is CCCc1c(C(=O)[O-])c2ccccc2n1N1CCCC(C)C1. The number of rotatable bonds is 4. The van der Waals surface area contributed by atoms with Gasteiger partial charge in [-0.15, -0.1) is 0 Å². The minimum Gasteiger partial charge on any atom is -0.545 e. The van der Waals surface area contributed by atoms with E-state index in [2.05, 4.69) is 23.5 Å². The number of benzene rings is 1. The maximum atomic E-state index is 11.7. The number of fused-ring (bicyclic) bond motifs is 1. The van der Waals surface area contributed by atoms with Crippen LogP contribution in [0.15, 0.2) is 24.3 Å². The molecule has 4 heteroatoms. The first kappa shape index (κ1) is 14.9. The molecule has 1 atom stereocenters. The Kier molecular flexibility index (Phi) is 4.10. The van der Waals surface area contributed by atoms with Crippen LogP contribution >= 0.6 is 0 Å². The molecule has 0 saturated carbocycles. The molecule has 0 radical (unpaired) electrons. The Morgan fingerprint density at radius 1 is 1.36 bits per heavy atom. The minimum atomic E-state index is -1.07. The summed E-state index contributed by atoms with van der Waals surface area (Å²) in [6.45, 7) is 6.30. The Bertz CT molecular complexity index is 690. The molecule has 3 rings (SSSR count). The molecule has 0 aliphatic carbocycles. The topological polar surface area (TPSA) is 48.3 Å². The maximum Gasteiger partial charge on any atom is 0.0740 e. The second kappa shape index (κ2) is 6.03. The van der Waals surface area contributed by atoms with E-state index in [1.165, 1.54) is 6.42 Å². The molecule has 1 fully saturated rings. The quantitative estimate of drug-likeness (QED) is 0.870. The van der Waals surface area contributed by atoms with Gasteiger partial charge in [0, 0.05) is 29.7 Å². The van der Waals surface area contributed by atoms with Gasteiger partial charge in [-0.1, -0.05) is 38.5 Å². The van der Waals surface area contributed by atoms with Gasteiger partial charge in [0.15, 0.2) is 0 Å².